The molecule has 0 bridgehead atoms. The number of thioether (sulfide) groups is 1. The molecule has 1 unspecified atom stereocenters. The molecule has 1 aliphatic carbocycles. The van der Waals surface area contributed by atoms with Gasteiger partial charge in [-0.05, 0) is 69.5 Å². The van der Waals surface area contributed by atoms with Gasteiger partial charge < -0.3 is 20.6 Å². The highest BCUT2D eigenvalue weighted by Gasteiger charge is 2.52. The van der Waals surface area contributed by atoms with Crippen LogP contribution in [0.3, 0.4) is 0 Å². The minimum atomic E-state index is -1.74. The third-order valence-corrected chi connectivity index (χ3v) is 7.75. The number of likely N-dealkylation sites (tertiary alicyclic amines) is 1. The Kier molecular flexibility index (Phi) is 10.9. The number of amides is 3. The topological polar surface area (TPSA) is 111 Å². The number of allylic oxidation sites excluding steroid dienone is 1. The predicted octanol–water partition coefficient (Wildman–Crippen LogP) is 4.42. The number of phenolic OH excluding ortho intramolecular Hbond substituents is 1. The number of nitrogens with zero attached hydrogens (tertiary/aromatic N) is 2. The van der Waals surface area contributed by atoms with Gasteiger partial charge in [0.05, 0.1) is 5.70 Å². The Balaban J connectivity index is 0.000000269. The third-order valence-electron chi connectivity index (χ3n) is 6.81. The number of hydrogen-bond acceptors (Lipinski definition) is 6. The Labute approximate surface area is 229 Å². The average Bonchev–Trinajstić information content (AvgIpc) is 3.48. The van der Waals surface area contributed by atoms with E-state index in [0.29, 0.717) is 18.5 Å². The van der Waals surface area contributed by atoms with Crippen molar-refractivity contribution in [2.24, 2.45) is 10.4 Å². The van der Waals surface area contributed by atoms with Crippen molar-refractivity contribution in [1.29, 1.82) is 0 Å². The maximum absolute atomic E-state index is 13.8. The van der Waals surface area contributed by atoms with Crippen LogP contribution in [0.25, 0.3) is 4.91 Å². The molecule has 10 heteroatoms. The number of aliphatic imine (C=N–C) groups is 1. The number of phenols is 1. The van der Waals surface area contributed by atoms with E-state index >= 15 is 0 Å². The first kappa shape index (κ1) is 31.3. The molecule has 2 atom stereocenters. The van der Waals surface area contributed by atoms with Crippen LogP contribution in [0.4, 0.5) is 4.39 Å². The van der Waals surface area contributed by atoms with Crippen molar-refractivity contribution in [3.05, 3.63) is 35.0 Å². The van der Waals surface area contributed by atoms with E-state index in [4.69, 9.17) is 0 Å². The van der Waals surface area contributed by atoms with Crippen LogP contribution in [0.2, 0.25) is 0 Å². The van der Waals surface area contributed by atoms with Crippen molar-refractivity contribution in [3.63, 3.8) is 0 Å². The summed E-state index contributed by atoms with van der Waals surface area (Å²) in [5, 5.41) is 15.1. The molecule has 1 aromatic carbocycles. The Morgan fingerprint density at radius 1 is 1.37 bits per heavy atom. The first-order valence-electron chi connectivity index (χ1n) is 12.8. The van der Waals surface area contributed by atoms with Crippen LogP contribution in [-0.2, 0) is 20.9 Å². The summed E-state index contributed by atoms with van der Waals surface area (Å²) in [5.41, 5.74) is 0.219. The van der Waals surface area contributed by atoms with Crippen molar-refractivity contribution >= 4 is 41.6 Å². The Morgan fingerprint density at radius 2 is 2.03 bits per heavy atom. The number of carbonyl (C=O) groups is 3. The van der Waals surface area contributed by atoms with Gasteiger partial charge in [-0.25, -0.2) is 4.39 Å². The highest BCUT2D eigenvalue weighted by atomic mass is 32.2. The molecule has 8 nitrogen and oxygen atoms in total. The third kappa shape index (κ3) is 8.06. The number of rotatable bonds is 9. The van der Waals surface area contributed by atoms with E-state index in [1.165, 1.54) is 0 Å². The number of nitrogens with one attached hydrogen (secondary N) is 2. The summed E-state index contributed by atoms with van der Waals surface area (Å²) in [6.45, 7) is 14.1. The normalized spacial score (nSPS) is 19.3. The second-order valence-corrected chi connectivity index (χ2v) is 11.7. The summed E-state index contributed by atoms with van der Waals surface area (Å²) in [7, 11) is 0. The monoisotopic (exact) mass is 548 g/mol. The molecule has 2 fully saturated rings. The molecule has 210 valence electrons. The molecule has 38 heavy (non-hydrogen) atoms. The fourth-order valence-electron chi connectivity index (χ4n) is 4.22. The zero-order valence-electron chi connectivity index (χ0n) is 23.3. The van der Waals surface area contributed by atoms with Gasteiger partial charge in [-0.2, -0.15) is 0 Å². The predicted molar refractivity (Wildman–Crippen MR) is 152 cm³/mol. The first-order valence-corrected chi connectivity index (χ1v) is 14.0. The minimum absolute atomic E-state index is 0.0832. The molecule has 0 radical (unpaired) electrons. The van der Waals surface area contributed by atoms with Crippen molar-refractivity contribution in [2.45, 2.75) is 84.6 Å². The number of halogens is 1. The lowest BCUT2D eigenvalue weighted by molar-refractivity contribution is -0.141. The molecule has 0 spiro atoms. The van der Waals surface area contributed by atoms with Gasteiger partial charge in [-0.1, -0.05) is 32.9 Å². The Bertz CT molecular complexity index is 1070. The van der Waals surface area contributed by atoms with Gasteiger partial charge in [-0.3, -0.25) is 19.4 Å². The van der Waals surface area contributed by atoms with E-state index in [0.717, 1.165) is 35.6 Å². The highest BCUT2D eigenvalue weighted by molar-refractivity contribution is 8.07. The molecular weight excluding hydrogens is 507 g/mol. The van der Waals surface area contributed by atoms with E-state index in [2.05, 4.69) is 22.3 Å². The van der Waals surface area contributed by atoms with Gasteiger partial charge in [0.2, 0.25) is 12.3 Å². The molecule has 0 aromatic heterocycles. The zero-order valence-corrected chi connectivity index (χ0v) is 24.1. The van der Waals surface area contributed by atoms with E-state index in [1.54, 1.807) is 23.9 Å². The highest BCUT2D eigenvalue weighted by Crippen LogP contribution is 2.40. The fourth-order valence-corrected chi connectivity index (χ4v) is 4.95. The zero-order chi connectivity index (χ0) is 28.7. The van der Waals surface area contributed by atoms with Crippen LogP contribution in [-0.4, -0.2) is 65.5 Å². The maximum atomic E-state index is 13.8. The van der Waals surface area contributed by atoms with E-state index in [1.807, 2.05) is 51.8 Å². The van der Waals surface area contributed by atoms with Gasteiger partial charge in [0.1, 0.15) is 11.8 Å². The number of benzene rings is 1. The lowest BCUT2D eigenvalue weighted by Gasteiger charge is -2.35. The minimum Gasteiger partial charge on any atom is -0.508 e. The summed E-state index contributed by atoms with van der Waals surface area (Å²) >= 11 is 1.55. The molecule has 1 aliphatic heterocycles. The smallest absolute Gasteiger partial charge is 0.258 e. The number of aromatic hydroxyl groups is 1. The molecule has 3 amide bonds. The molecule has 2 aliphatic rings. The van der Waals surface area contributed by atoms with Gasteiger partial charge in [-0.15, -0.1) is 11.8 Å². The van der Waals surface area contributed by atoms with Crippen LogP contribution >= 0.6 is 11.8 Å². The van der Waals surface area contributed by atoms with Gasteiger partial charge in [0.25, 0.3) is 5.91 Å². The SMILES string of the molecule is C=N/C(C)=C(\SC)c1ccc(CNC=O)c(O)c1.C[C@@H]1CCCN1C(=O)C(NC(=O)C1(F)CC1)C(C)(C)C. The van der Waals surface area contributed by atoms with Crippen LogP contribution < -0.4 is 10.6 Å². The van der Waals surface area contributed by atoms with Crippen LogP contribution in [0, 0.1) is 5.41 Å². The summed E-state index contributed by atoms with van der Waals surface area (Å²) in [4.78, 5) is 41.5. The number of carbonyl (C=O) groups excluding carboxylic acids is 3. The largest absolute Gasteiger partial charge is 0.508 e. The maximum Gasteiger partial charge on any atom is 0.258 e. The molecule has 3 N–H and O–H groups in total. The average molecular weight is 549 g/mol. The second-order valence-electron chi connectivity index (χ2n) is 10.9. The Hall–Kier alpha value is -2.88. The van der Waals surface area contributed by atoms with E-state index < -0.39 is 23.0 Å². The molecule has 1 heterocycles. The van der Waals surface area contributed by atoms with E-state index in [-0.39, 0.29) is 30.5 Å². The number of alkyl halides is 1. The Morgan fingerprint density at radius 3 is 2.47 bits per heavy atom. The molecular formula is C28H41FN4O4S. The van der Waals surface area contributed by atoms with Gasteiger partial charge in [0, 0.05) is 29.6 Å². The molecule has 3 rings (SSSR count). The summed E-state index contributed by atoms with van der Waals surface area (Å²) in [6, 6.07) is 4.88. The van der Waals surface area contributed by atoms with Crippen LogP contribution in [0.15, 0.2) is 28.9 Å². The van der Waals surface area contributed by atoms with Crippen molar-refractivity contribution in [1.82, 2.24) is 15.5 Å². The van der Waals surface area contributed by atoms with Gasteiger partial charge in [0.15, 0.2) is 5.67 Å². The first-order chi connectivity index (χ1) is 17.8. The molecule has 1 aromatic rings. The fraction of sp³-hybridized carbons (Fsp3) is 0.571. The standard InChI is InChI=1S/C15H25FN2O2.C13H16N2O2S/c1-10-6-5-9-18(10)12(19)11(14(2,3)4)17-13(20)15(16)7-8-15;1-9(14-2)13(18-3)10-4-5-11(7-15-8-16)12(17)6-10/h10-11H,5-9H2,1-4H3,(H,17,20);4-6,8,17H,2,7H2,1,3H3,(H,15,16)/b;13-9-/t10-,11?;/m1./s1. The summed E-state index contributed by atoms with van der Waals surface area (Å²) in [5.74, 6) is -0.553. The lowest BCUT2D eigenvalue weighted by Crippen LogP contribution is -2.57. The number of hydrogen-bond donors (Lipinski definition) is 3. The van der Waals surface area contributed by atoms with E-state index in [9.17, 15) is 23.9 Å². The lowest BCUT2D eigenvalue weighted by atomic mass is 9.85. The molecule has 1 saturated carbocycles. The van der Waals surface area contributed by atoms with Crippen LogP contribution in [0.1, 0.15) is 71.4 Å². The quantitative estimate of drug-likeness (QED) is 0.313. The second kappa shape index (κ2) is 13.3. The van der Waals surface area contributed by atoms with Crippen molar-refractivity contribution < 1.29 is 23.9 Å². The van der Waals surface area contributed by atoms with Crippen molar-refractivity contribution in [3.8, 4) is 5.75 Å². The molecule has 1 saturated heterocycles. The summed E-state index contributed by atoms with van der Waals surface area (Å²) < 4.78 is 13.8. The van der Waals surface area contributed by atoms with Crippen molar-refractivity contribution in [2.75, 3.05) is 12.8 Å². The summed E-state index contributed by atoms with van der Waals surface area (Å²) in [6.07, 6.45) is 5.07. The van der Waals surface area contributed by atoms with Gasteiger partial charge >= 0.3 is 0 Å². The van der Waals surface area contributed by atoms with Crippen LogP contribution in [0.5, 0.6) is 5.75 Å².